The third kappa shape index (κ3) is 4.13. The van der Waals surface area contributed by atoms with E-state index in [-0.39, 0.29) is 11.6 Å². The summed E-state index contributed by atoms with van der Waals surface area (Å²) in [5.74, 6) is -0.263. The molecule has 0 fully saturated rings. The van der Waals surface area contributed by atoms with Gasteiger partial charge in [0.15, 0.2) is 0 Å². The quantitative estimate of drug-likeness (QED) is 0.894. The van der Waals surface area contributed by atoms with E-state index in [1.165, 1.54) is 24.0 Å². The Balaban J connectivity index is 3.02. The third-order valence-corrected chi connectivity index (χ3v) is 3.37. The molecule has 7 heteroatoms. The minimum Gasteiger partial charge on any atom is -0.373 e. The van der Waals surface area contributed by atoms with Crippen LogP contribution in [0.2, 0.25) is 0 Å². The minimum absolute atomic E-state index is 0.114. The molecule has 112 valence electrons. The van der Waals surface area contributed by atoms with Gasteiger partial charge in [0.05, 0.1) is 5.56 Å². The molecule has 1 N–H and O–H groups in total. The van der Waals surface area contributed by atoms with Crippen molar-refractivity contribution in [3.63, 3.8) is 0 Å². The summed E-state index contributed by atoms with van der Waals surface area (Å²) in [4.78, 5) is 13.3. The second-order valence-electron chi connectivity index (χ2n) is 4.41. The van der Waals surface area contributed by atoms with E-state index < -0.39 is 17.8 Å². The molecule has 1 atom stereocenters. The van der Waals surface area contributed by atoms with Gasteiger partial charge in [-0.2, -0.15) is 13.2 Å². The highest BCUT2D eigenvalue weighted by atomic mass is 79.9. The molecule has 1 aromatic rings. The molecule has 0 saturated heterocycles. The van der Waals surface area contributed by atoms with E-state index in [2.05, 4.69) is 21.2 Å². The van der Waals surface area contributed by atoms with Gasteiger partial charge >= 0.3 is 6.18 Å². The van der Waals surface area contributed by atoms with Crippen molar-refractivity contribution in [2.75, 3.05) is 18.9 Å². The molecule has 0 radical (unpaired) electrons. The molecule has 0 saturated carbocycles. The number of nitrogens with one attached hydrogen (secondary N) is 1. The van der Waals surface area contributed by atoms with Gasteiger partial charge in [-0.15, -0.1) is 0 Å². The summed E-state index contributed by atoms with van der Waals surface area (Å²) in [6.07, 6.45) is -4.47. The van der Waals surface area contributed by atoms with E-state index in [4.69, 9.17) is 0 Å². The fourth-order valence-electron chi connectivity index (χ4n) is 1.66. The van der Waals surface area contributed by atoms with Crippen molar-refractivity contribution in [3.05, 3.63) is 28.2 Å². The maximum atomic E-state index is 12.9. The molecule has 0 aliphatic rings. The Bertz CT molecular complexity index is 491. The van der Waals surface area contributed by atoms with Gasteiger partial charge < -0.3 is 10.2 Å². The molecule has 1 rings (SSSR count). The molecule has 0 aromatic heterocycles. The number of carbonyl (C=O) groups excluding carboxylic acids is 1. The number of carbonyl (C=O) groups is 1. The van der Waals surface area contributed by atoms with Crippen LogP contribution in [0.5, 0.6) is 0 Å². The molecule has 0 bridgehead atoms. The lowest BCUT2D eigenvalue weighted by atomic mass is 10.1. The summed E-state index contributed by atoms with van der Waals surface area (Å²) < 4.78 is 39.2. The van der Waals surface area contributed by atoms with Gasteiger partial charge in [0.1, 0.15) is 6.04 Å². The number of hydrogen-bond acceptors (Lipinski definition) is 2. The first-order valence-electron chi connectivity index (χ1n) is 6.05. The van der Waals surface area contributed by atoms with Gasteiger partial charge in [0.2, 0.25) is 5.91 Å². The van der Waals surface area contributed by atoms with Crippen molar-refractivity contribution in [2.45, 2.75) is 26.1 Å². The first-order chi connectivity index (χ1) is 9.16. The van der Waals surface area contributed by atoms with Crippen LogP contribution in [-0.4, -0.2) is 30.4 Å². The lowest BCUT2D eigenvalue weighted by Crippen LogP contribution is -2.39. The van der Waals surface area contributed by atoms with Crippen molar-refractivity contribution < 1.29 is 18.0 Å². The molecule has 0 heterocycles. The van der Waals surface area contributed by atoms with Crippen LogP contribution in [0.4, 0.5) is 18.9 Å². The average molecular weight is 353 g/mol. The van der Waals surface area contributed by atoms with Crippen LogP contribution in [0.15, 0.2) is 22.7 Å². The Hall–Kier alpha value is -1.24. The fourth-order valence-corrected chi connectivity index (χ4v) is 2.03. The van der Waals surface area contributed by atoms with Gasteiger partial charge in [-0.3, -0.25) is 4.79 Å². The van der Waals surface area contributed by atoms with Crippen LogP contribution in [0.1, 0.15) is 19.4 Å². The van der Waals surface area contributed by atoms with Crippen molar-refractivity contribution in [1.82, 2.24) is 4.90 Å². The number of amides is 1. The van der Waals surface area contributed by atoms with Crippen LogP contribution in [0.3, 0.4) is 0 Å². The summed E-state index contributed by atoms with van der Waals surface area (Å²) in [6.45, 7) is 3.83. The monoisotopic (exact) mass is 352 g/mol. The number of halogens is 4. The smallest absolute Gasteiger partial charge is 0.373 e. The Kier molecular flexibility index (Phi) is 5.44. The Labute approximate surface area is 124 Å². The maximum Gasteiger partial charge on any atom is 0.418 e. The largest absolute Gasteiger partial charge is 0.418 e. The first-order valence-corrected chi connectivity index (χ1v) is 6.84. The van der Waals surface area contributed by atoms with Crippen LogP contribution >= 0.6 is 15.9 Å². The van der Waals surface area contributed by atoms with Crippen LogP contribution in [0.25, 0.3) is 0 Å². The summed E-state index contributed by atoms with van der Waals surface area (Å²) >= 11 is 3.13. The standard InChI is InChI=1S/C13H16BrF3N2O/c1-4-19(3)12(20)8(2)18-11-7-9(14)5-6-10(11)13(15,16)17/h5-8,18H,4H2,1-3H3. The Morgan fingerprint density at radius 2 is 2.05 bits per heavy atom. The fraction of sp³-hybridized carbons (Fsp3) is 0.462. The molecule has 1 amide bonds. The van der Waals surface area contributed by atoms with Crippen molar-refractivity contribution in [3.8, 4) is 0 Å². The summed E-state index contributed by atoms with van der Waals surface area (Å²) in [7, 11) is 1.60. The van der Waals surface area contributed by atoms with Crippen LogP contribution in [0, 0.1) is 0 Å². The number of nitrogens with zero attached hydrogens (tertiary/aromatic N) is 1. The van der Waals surface area contributed by atoms with Gasteiger partial charge in [-0.1, -0.05) is 15.9 Å². The number of rotatable bonds is 4. The predicted octanol–water partition coefficient (Wildman–Crippen LogP) is 3.75. The second kappa shape index (κ2) is 6.47. The van der Waals surface area contributed by atoms with E-state index >= 15 is 0 Å². The van der Waals surface area contributed by atoms with E-state index in [1.54, 1.807) is 14.0 Å². The van der Waals surface area contributed by atoms with E-state index in [0.29, 0.717) is 11.0 Å². The summed E-state index contributed by atoms with van der Waals surface area (Å²) in [5, 5.41) is 2.63. The molecular formula is C13H16BrF3N2O. The first kappa shape index (κ1) is 16.8. The number of benzene rings is 1. The highest BCUT2D eigenvalue weighted by Gasteiger charge is 2.34. The van der Waals surface area contributed by atoms with Crippen molar-refractivity contribution >= 4 is 27.5 Å². The van der Waals surface area contributed by atoms with Crippen molar-refractivity contribution in [1.29, 1.82) is 0 Å². The number of anilines is 1. The topological polar surface area (TPSA) is 32.3 Å². The van der Waals surface area contributed by atoms with Gasteiger partial charge in [0, 0.05) is 23.8 Å². The third-order valence-electron chi connectivity index (χ3n) is 2.88. The number of likely N-dealkylation sites (N-methyl/N-ethyl adjacent to an activating group) is 1. The molecular weight excluding hydrogens is 337 g/mol. The molecule has 20 heavy (non-hydrogen) atoms. The zero-order chi connectivity index (χ0) is 15.5. The highest BCUT2D eigenvalue weighted by molar-refractivity contribution is 9.10. The molecule has 0 aliphatic heterocycles. The summed E-state index contributed by atoms with van der Waals surface area (Å²) in [5.41, 5.74) is -0.906. The molecule has 0 spiro atoms. The maximum absolute atomic E-state index is 12.9. The zero-order valence-corrected chi connectivity index (χ0v) is 13.0. The lowest BCUT2D eigenvalue weighted by Gasteiger charge is -2.23. The predicted molar refractivity (Wildman–Crippen MR) is 75.5 cm³/mol. The molecule has 1 unspecified atom stereocenters. The Morgan fingerprint density at radius 3 is 2.55 bits per heavy atom. The SMILES string of the molecule is CCN(C)C(=O)C(C)Nc1cc(Br)ccc1C(F)(F)F. The van der Waals surface area contributed by atoms with E-state index in [1.807, 2.05) is 0 Å². The zero-order valence-electron chi connectivity index (χ0n) is 11.4. The van der Waals surface area contributed by atoms with E-state index in [0.717, 1.165) is 6.07 Å². The normalized spacial score (nSPS) is 12.9. The van der Waals surface area contributed by atoms with Crippen molar-refractivity contribution in [2.24, 2.45) is 0 Å². The molecule has 1 aromatic carbocycles. The second-order valence-corrected chi connectivity index (χ2v) is 5.32. The average Bonchev–Trinajstić information content (AvgIpc) is 2.35. The van der Waals surface area contributed by atoms with Crippen LogP contribution < -0.4 is 5.32 Å². The number of alkyl halides is 3. The van der Waals surface area contributed by atoms with Gasteiger partial charge in [-0.05, 0) is 32.0 Å². The summed E-state index contributed by atoms with van der Waals surface area (Å²) in [6, 6.07) is 2.88. The minimum atomic E-state index is -4.47. The lowest BCUT2D eigenvalue weighted by molar-refractivity contribution is -0.137. The van der Waals surface area contributed by atoms with Gasteiger partial charge in [-0.25, -0.2) is 0 Å². The van der Waals surface area contributed by atoms with Crippen LogP contribution in [-0.2, 0) is 11.0 Å². The highest BCUT2D eigenvalue weighted by Crippen LogP contribution is 2.36. The molecule has 0 aliphatic carbocycles. The van der Waals surface area contributed by atoms with Gasteiger partial charge in [0.25, 0.3) is 0 Å². The Morgan fingerprint density at radius 1 is 1.45 bits per heavy atom. The molecule has 3 nitrogen and oxygen atoms in total. The van der Waals surface area contributed by atoms with E-state index in [9.17, 15) is 18.0 Å². The number of hydrogen-bond donors (Lipinski definition) is 1.